The predicted molar refractivity (Wildman–Crippen MR) is 76.1 cm³/mol. The van der Waals surface area contributed by atoms with E-state index in [0.717, 1.165) is 0 Å². The number of carbonyl (C=O) groups excluding carboxylic acids is 2. The Labute approximate surface area is 115 Å². The Morgan fingerprint density at radius 1 is 0.850 bits per heavy atom. The first-order chi connectivity index (χ1) is 9.59. The Balaban J connectivity index is 2.30. The summed E-state index contributed by atoms with van der Waals surface area (Å²) in [4.78, 5) is 24.3. The SMILES string of the molecule is Nc1cccc(C2=C(O)c3ccccc3C(=O)C2=O)c1. The topological polar surface area (TPSA) is 80.4 Å². The van der Waals surface area contributed by atoms with Gasteiger partial charge >= 0.3 is 0 Å². The van der Waals surface area contributed by atoms with Crippen LogP contribution in [0.2, 0.25) is 0 Å². The number of nitrogen functional groups attached to an aromatic ring is 1. The number of hydrogen-bond acceptors (Lipinski definition) is 4. The molecule has 98 valence electrons. The fourth-order valence-corrected chi connectivity index (χ4v) is 2.33. The summed E-state index contributed by atoms with van der Waals surface area (Å²) in [6.45, 7) is 0. The van der Waals surface area contributed by atoms with Gasteiger partial charge in [-0.05, 0) is 17.7 Å². The van der Waals surface area contributed by atoms with Gasteiger partial charge in [-0.15, -0.1) is 0 Å². The normalized spacial score (nSPS) is 14.4. The zero-order chi connectivity index (χ0) is 14.3. The van der Waals surface area contributed by atoms with Crippen molar-refractivity contribution in [2.45, 2.75) is 0 Å². The van der Waals surface area contributed by atoms with Crippen LogP contribution in [0, 0.1) is 0 Å². The fourth-order valence-electron chi connectivity index (χ4n) is 2.33. The number of ketones is 2. The van der Waals surface area contributed by atoms with E-state index < -0.39 is 11.6 Å². The number of benzene rings is 2. The van der Waals surface area contributed by atoms with Gasteiger partial charge in [0.1, 0.15) is 5.76 Å². The van der Waals surface area contributed by atoms with Crippen molar-refractivity contribution < 1.29 is 14.7 Å². The molecule has 0 saturated carbocycles. The number of aliphatic hydroxyl groups excluding tert-OH is 1. The monoisotopic (exact) mass is 265 g/mol. The van der Waals surface area contributed by atoms with Crippen molar-refractivity contribution in [3.05, 3.63) is 65.2 Å². The third-order valence-corrected chi connectivity index (χ3v) is 3.27. The summed E-state index contributed by atoms with van der Waals surface area (Å²) in [6.07, 6.45) is 0. The van der Waals surface area contributed by atoms with Crippen LogP contribution in [0.15, 0.2) is 48.5 Å². The van der Waals surface area contributed by atoms with E-state index in [9.17, 15) is 14.7 Å². The third kappa shape index (κ3) is 1.70. The molecule has 0 atom stereocenters. The van der Waals surface area contributed by atoms with E-state index in [1.165, 1.54) is 6.07 Å². The van der Waals surface area contributed by atoms with Crippen LogP contribution in [0.4, 0.5) is 5.69 Å². The number of Topliss-reactive ketones (excluding diaryl/α,β-unsaturated/α-hetero) is 2. The molecule has 0 spiro atoms. The molecule has 0 aromatic heterocycles. The van der Waals surface area contributed by atoms with Crippen LogP contribution in [0.1, 0.15) is 21.5 Å². The highest BCUT2D eigenvalue weighted by Crippen LogP contribution is 2.33. The van der Waals surface area contributed by atoms with Gasteiger partial charge in [0, 0.05) is 16.8 Å². The molecule has 0 aliphatic heterocycles. The zero-order valence-corrected chi connectivity index (χ0v) is 10.5. The Morgan fingerprint density at radius 3 is 2.25 bits per heavy atom. The fraction of sp³-hybridized carbons (Fsp3) is 0. The van der Waals surface area contributed by atoms with Gasteiger partial charge in [0.05, 0.1) is 5.57 Å². The predicted octanol–water partition coefficient (Wildman–Crippen LogP) is 2.46. The van der Waals surface area contributed by atoms with E-state index in [0.29, 0.717) is 16.8 Å². The second-order valence-corrected chi connectivity index (χ2v) is 4.55. The molecule has 2 aromatic rings. The van der Waals surface area contributed by atoms with Crippen molar-refractivity contribution in [3.63, 3.8) is 0 Å². The molecule has 3 rings (SSSR count). The first-order valence-electron chi connectivity index (χ1n) is 6.07. The number of allylic oxidation sites excluding steroid dienone is 1. The largest absolute Gasteiger partial charge is 0.506 e. The molecule has 3 N–H and O–H groups in total. The first-order valence-corrected chi connectivity index (χ1v) is 6.07. The molecule has 1 aliphatic carbocycles. The van der Waals surface area contributed by atoms with E-state index in [4.69, 9.17) is 5.73 Å². The minimum absolute atomic E-state index is 0.000926. The van der Waals surface area contributed by atoms with Gasteiger partial charge in [-0.25, -0.2) is 0 Å². The van der Waals surface area contributed by atoms with E-state index in [1.807, 2.05) is 0 Å². The number of fused-ring (bicyclic) bond motifs is 1. The van der Waals surface area contributed by atoms with Crippen molar-refractivity contribution >= 4 is 28.6 Å². The third-order valence-electron chi connectivity index (χ3n) is 3.27. The maximum atomic E-state index is 12.2. The van der Waals surface area contributed by atoms with Crippen LogP contribution in [-0.4, -0.2) is 16.7 Å². The molecular weight excluding hydrogens is 254 g/mol. The molecule has 0 fully saturated rings. The van der Waals surface area contributed by atoms with Crippen LogP contribution in [-0.2, 0) is 4.79 Å². The summed E-state index contributed by atoms with van der Waals surface area (Å²) in [5, 5.41) is 10.3. The molecule has 1 aliphatic rings. The Bertz CT molecular complexity index is 775. The molecule has 4 nitrogen and oxygen atoms in total. The molecule has 0 saturated heterocycles. The molecule has 0 amide bonds. The standard InChI is InChI=1S/C16H11NO3/c17-10-5-3-4-9(8-10)13-14(18)11-6-1-2-7-12(11)15(19)16(13)20/h1-8,18H,17H2. The van der Waals surface area contributed by atoms with Crippen molar-refractivity contribution in [1.82, 2.24) is 0 Å². The second kappa shape index (κ2) is 4.35. The Hall–Kier alpha value is -2.88. The van der Waals surface area contributed by atoms with E-state index in [-0.39, 0.29) is 16.9 Å². The summed E-state index contributed by atoms with van der Waals surface area (Å²) in [5.41, 5.74) is 7.18. The number of aliphatic hydroxyl groups is 1. The lowest BCUT2D eigenvalue weighted by atomic mass is 9.85. The minimum atomic E-state index is -0.716. The zero-order valence-electron chi connectivity index (χ0n) is 10.5. The van der Waals surface area contributed by atoms with Crippen molar-refractivity contribution in [2.75, 3.05) is 5.73 Å². The Kier molecular flexibility index (Phi) is 2.64. The molecular formula is C16H11NO3. The Morgan fingerprint density at radius 2 is 1.55 bits per heavy atom. The number of hydrogen-bond donors (Lipinski definition) is 2. The molecule has 0 radical (unpaired) electrons. The average molecular weight is 265 g/mol. The van der Waals surface area contributed by atoms with E-state index in [2.05, 4.69) is 0 Å². The van der Waals surface area contributed by atoms with E-state index >= 15 is 0 Å². The molecule has 0 heterocycles. The van der Waals surface area contributed by atoms with E-state index in [1.54, 1.807) is 42.5 Å². The highest BCUT2D eigenvalue weighted by molar-refractivity contribution is 6.62. The quantitative estimate of drug-likeness (QED) is 0.613. The van der Waals surface area contributed by atoms with Crippen LogP contribution in [0.3, 0.4) is 0 Å². The highest BCUT2D eigenvalue weighted by Gasteiger charge is 2.33. The lowest BCUT2D eigenvalue weighted by Crippen LogP contribution is -2.23. The molecule has 4 heteroatoms. The second-order valence-electron chi connectivity index (χ2n) is 4.55. The first kappa shape index (κ1) is 12.2. The summed E-state index contributed by atoms with van der Waals surface area (Å²) >= 11 is 0. The van der Waals surface area contributed by atoms with Crippen LogP contribution in [0.5, 0.6) is 0 Å². The van der Waals surface area contributed by atoms with Crippen LogP contribution in [0.25, 0.3) is 11.3 Å². The van der Waals surface area contributed by atoms with Crippen LogP contribution >= 0.6 is 0 Å². The maximum absolute atomic E-state index is 12.2. The smallest absolute Gasteiger partial charge is 0.237 e. The van der Waals surface area contributed by atoms with Crippen molar-refractivity contribution in [2.24, 2.45) is 0 Å². The summed E-state index contributed by atoms with van der Waals surface area (Å²) in [5.74, 6) is -1.52. The number of nitrogens with two attached hydrogens (primary N) is 1. The van der Waals surface area contributed by atoms with Crippen LogP contribution < -0.4 is 5.73 Å². The number of rotatable bonds is 1. The minimum Gasteiger partial charge on any atom is -0.506 e. The highest BCUT2D eigenvalue weighted by atomic mass is 16.3. The number of carbonyl (C=O) groups is 2. The van der Waals surface area contributed by atoms with Gasteiger partial charge in [-0.2, -0.15) is 0 Å². The molecule has 0 unspecified atom stereocenters. The van der Waals surface area contributed by atoms with Crippen molar-refractivity contribution in [3.8, 4) is 0 Å². The summed E-state index contributed by atoms with van der Waals surface area (Å²) in [6, 6.07) is 13.0. The molecule has 2 aromatic carbocycles. The van der Waals surface area contributed by atoms with Gasteiger partial charge in [-0.1, -0.05) is 36.4 Å². The summed E-state index contributed by atoms with van der Waals surface area (Å²) in [7, 11) is 0. The van der Waals surface area contributed by atoms with Crippen molar-refractivity contribution in [1.29, 1.82) is 0 Å². The van der Waals surface area contributed by atoms with Gasteiger partial charge in [0.15, 0.2) is 0 Å². The molecule has 20 heavy (non-hydrogen) atoms. The summed E-state index contributed by atoms with van der Waals surface area (Å²) < 4.78 is 0. The maximum Gasteiger partial charge on any atom is 0.237 e. The number of anilines is 1. The van der Waals surface area contributed by atoms with Gasteiger partial charge in [-0.3, -0.25) is 9.59 Å². The van der Waals surface area contributed by atoms with Gasteiger partial charge < -0.3 is 10.8 Å². The average Bonchev–Trinajstić information content (AvgIpc) is 2.45. The van der Waals surface area contributed by atoms with Gasteiger partial charge in [0.25, 0.3) is 0 Å². The lowest BCUT2D eigenvalue weighted by Gasteiger charge is -2.18. The lowest BCUT2D eigenvalue weighted by molar-refractivity contribution is -0.110. The van der Waals surface area contributed by atoms with Gasteiger partial charge in [0.2, 0.25) is 11.6 Å². The molecule has 0 bridgehead atoms.